The third-order valence-electron chi connectivity index (χ3n) is 4.60. The highest BCUT2D eigenvalue weighted by molar-refractivity contribution is 5.78. The summed E-state index contributed by atoms with van der Waals surface area (Å²) in [4.78, 5) is 16.5. The fraction of sp³-hybridized carbons (Fsp3) is 0.588. The van der Waals surface area contributed by atoms with E-state index in [1.165, 1.54) is 0 Å². The van der Waals surface area contributed by atoms with Crippen molar-refractivity contribution in [2.24, 2.45) is 0 Å². The molecule has 6 nitrogen and oxygen atoms in total. The molecule has 2 atom stereocenters. The van der Waals surface area contributed by atoms with Gasteiger partial charge in [-0.1, -0.05) is 6.07 Å². The molecule has 0 aromatic heterocycles. The summed E-state index contributed by atoms with van der Waals surface area (Å²) >= 11 is 0. The summed E-state index contributed by atoms with van der Waals surface area (Å²) < 4.78 is 16.7. The number of carbonyl (C=O) groups excluding carboxylic acids is 1. The minimum Gasteiger partial charge on any atom is -0.493 e. The van der Waals surface area contributed by atoms with Crippen molar-refractivity contribution in [2.45, 2.75) is 19.1 Å². The van der Waals surface area contributed by atoms with Crippen molar-refractivity contribution >= 4 is 5.91 Å². The van der Waals surface area contributed by atoms with Gasteiger partial charge in [-0.05, 0) is 31.7 Å². The van der Waals surface area contributed by atoms with E-state index < -0.39 is 0 Å². The lowest BCUT2D eigenvalue weighted by Gasteiger charge is -2.33. The molecule has 2 fully saturated rings. The molecule has 1 amide bonds. The molecule has 0 N–H and O–H groups in total. The first-order valence-corrected chi connectivity index (χ1v) is 7.95. The van der Waals surface area contributed by atoms with Gasteiger partial charge in [-0.15, -0.1) is 0 Å². The summed E-state index contributed by atoms with van der Waals surface area (Å²) in [6.07, 6.45) is 0.117. The first-order chi connectivity index (χ1) is 11.1. The number of ether oxygens (including phenoxy) is 3. The molecule has 2 heterocycles. The number of fused-ring (bicyclic) bond motifs is 1. The third kappa shape index (κ3) is 3.43. The smallest absolute Gasteiger partial charge is 0.260 e. The number of aryl methyl sites for hydroxylation is 1. The van der Waals surface area contributed by atoms with Gasteiger partial charge in [0, 0.05) is 19.6 Å². The van der Waals surface area contributed by atoms with E-state index in [0.29, 0.717) is 30.6 Å². The number of rotatable bonds is 4. The molecule has 126 valence electrons. The van der Waals surface area contributed by atoms with Crippen molar-refractivity contribution in [3.63, 3.8) is 0 Å². The molecule has 0 unspecified atom stereocenters. The van der Waals surface area contributed by atoms with Gasteiger partial charge in [-0.3, -0.25) is 9.69 Å². The van der Waals surface area contributed by atoms with Gasteiger partial charge in [-0.2, -0.15) is 0 Å². The largest absolute Gasteiger partial charge is 0.493 e. The second-order valence-corrected chi connectivity index (χ2v) is 6.20. The summed E-state index contributed by atoms with van der Waals surface area (Å²) in [6, 6.07) is 5.96. The van der Waals surface area contributed by atoms with E-state index in [0.717, 1.165) is 18.7 Å². The maximum absolute atomic E-state index is 12.4. The molecular formula is C17H24N2O4. The molecule has 0 bridgehead atoms. The topological polar surface area (TPSA) is 51.2 Å². The van der Waals surface area contributed by atoms with Crippen molar-refractivity contribution in [3.8, 4) is 11.5 Å². The monoisotopic (exact) mass is 320 g/mol. The molecule has 0 radical (unpaired) electrons. The number of carbonyl (C=O) groups is 1. The number of benzene rings is 1. The fourth-order valence-corrected chi connectivity index (χ4v) is 3.19. The van der Waals surface area contributed by atoms with Crippen LogP contribution >= 0.6 is 0 Å². The van der Waals surface area contributed by atoms with Crippen molar-refractivity contribution in [1.29, 1.82) is 0 Å². The summed E-state index contributed by atoms with van der Waals surface area (Å²) in [5.41, 5.74) is 1.09. The molecule has 0 spiro atoms. The molecule has 1 aromatic carbocycles. The Morgan fingerprint density at radius 3 is 2.91 bits per heavy atom. The molecule has 23 heavy (non-hydrogen) atoms. The van der Waals surface area contributed by atoms with Crippen LogP contribution in [0, 0.1) is 6.92 Å². The van der Waals surface area contributed by atoms with Crippen LogP contribution in [0.15, 0.2) is 18.2 Å². The number of likely N-dealkylation sites (tertiary alicyclic amines) is 1. The van der Waals surface area contributed by atoms with Gasteiger partial charge in [0.2, 0.25) is 0 Å². The average Bonchev–Trinajstić information content (AvgIpc) is 2.99. The van der Waals surface area contributed by atoms with Gasteiger partial charge in [0.05, 0.1) is 25.9 Å². The minimum absolute atomic E-state index is 0.0148. The Balaban J connectivity index is 1.58. The Labute approximate surface area is 136 Å². The Hall–Kier alpha value is -1.79. The SMILES string of the molecule is COc1cc(C)ccc1OCC(=O)N1C[C@H]2OCCN(C)[C@H]2C1. The standard InChI is InChI=1S/C17H24N2O4/c1-12-4-5-14(15(8-12)21-3)23-11-17(20)19-9-13-16(10-19)22-7-6-18(13)2/h4-5,8,13,16H,6-7,9-11H2,1-3H3/t13-,16+/m0/s1. The highest BCUT2D eigenvalue weighted by Gasteiger charge is 2.40. The van der Waals surface area contributed by atoms with Crippen LogP contribution in [-0.2, 0) is 9.53 Å². The predicted molar refractivity (Wildman–Crippen MR) is 86.0 cm³/mol. The van der Waals surface area contributed by atoms with Gasteiger partial charge in [0.1, 0.15) is 0 Å². The van der Waals surface area contributed by atoms with Crippen molar-refractivity contribution in [2.75, 3.05) is 47.0 Å². The average molecular weight is 320 g/mol. The number of amides is 1. The van der Waals surface area contributed by atoms with Crippen LogP contribution in [0.25, 0.3) is 0 Å². The van der Waals surface area contributed by atoms with Crippen LogP contribution in [0.4, 0.5) is 0 Å². The molecule has 1 aromatic rings. The van der Waals surface area contributed by atoms with E-state index >= 15 is 0 Å². The summed E-state index contributed by atoms with van der Waals surface area (Å²) in [5.74, 6) is 1.23. The van der Waals surface area contributed by atoms with Crippen LogP contribution in [0.3, 0.4) is 0 Å². The van der Waals surface area contributed by atoms with E-state index in [1.54, 1.807) is 7.11 Å². The highest BCUT2D eigenvalue weighted by Crippen LogP contribution is 2.28. The Morgan fingerprint density at radius 2 is 2.17 bits per heavy atom. The van der Waals surface area contributed by atoms with Gasteiger partial charge < -0.3 is 19.1 Å². The molecule has 0 aliphatic carbocycles. The third-order valence-corrected chi connectivity index (χ3v) is 4.60. The molecule has 0 saturated carbocycles. The molecule has 2 saturated heterocycles. The first-order valence-electron chi connectivity index (χ1n) is 7.95. The summed E-state index contributed by atoms with van der Waals surface area (Å²) in [6.45, 7) is 5.00. The molecular weight excluding hydrogens is 296 g/mol. The molecule has 2 aliphatic rings. The van der Waals surface area contributed by atoms with Crippen LogP contribution in [0.2, 0.25) is 0 Å². The van der Waals surface area contributed by atoms with E-state index in [2.05, 4.69) is 11.9 Å². The van der Waals surface area contributed by atoms with Gasteiger partial charge in [0.15, 0.2) is 18.1 Å². The van der Waals surface area contributed by atoms with Gasteiger partial charge >= 0.3 is 0 Å². The number of nitrogens with zero attached hydrogens (tertiary/aromatic N) is 2. The highest BCUT2D eigenvalue weighted by atomic mass is 16.5. The summed E-state index contributed by atoms with van der Waals surface area (Å²) in [7, 11) is 3.68. The second kappa shape index (κ2) is 6.76. The minimum atomic E-state index is -0.0148. The zero-order chi connectivity index (χ0) is 16.4. The fourth-order valence-electron chi connectivity index (χ4n) is 3.19. The number of hydrogen-bond acceptors (Lipinski definition) is 5. The van der Waals surface area contributed by atoms with Crippen LogP contribution in [0.5, 0.6) is 11.5 Å². The maximum atomic E-state index is 12.4. The van der Waals surface area contributed by atoms with Crippen LogP contribution in [0.1, 0.15) is 5.56 Å². The summed E-state index contributed by atoms with van der Waals surface area (Å²) in [5, 5.41) is 0. The van der Waals surface area contributed by atoms with Crippen LogP contribution < -0.4 is 9.47 Å². The number of likely N-dealkylation sites (N-methyl/N-ethyl adjacent to an activating group) is 1. The normalized spacial score (nSPS) is 24.4. The molecule has 3 rings (SSSR count). The second-order valence-electron chi connectivity index (χ2n) is 6.20. The zero-order valence-corrected chi connectivity index (χ0v) is 13.9. The predicted octanol–water partition coefficient (Wildman–Crippen LogP) is 0.924. The van der Waals surface area contributed by atoms with E-state index in [1.807, 2.05) is 30.0 Å². The quantitative estimate of drug-likeness (QED) is 0.826. The lowest BCUT2D eigenvalue weighted by Crippen LogP contribution is -2.48. The van der Waals surface area contributed by atoms with Crippen molar-refractivity contribution in [1.82, 2.24) is 9.80 Å². The Bertz CT molecular complexity index is 578. The van der Waals surface area contributed by atoms with Gasteiger partial charge in [0.25, 0.3) is 5.91 Å². The Kier molecular flexibility index (Phi) is 4.73. The number of methoxy groups -OCH3 is 1. The van der Waals surface area contributed by atoms with E-state index in [4.69, 9.17) is 14.2 Å². The first kappa shape index (κ1) is 16.1. The van der Waals surface area contributed by atoms with Crippen molar-refractivity contribution < 1.29 is 19.0 Å². The maximum Gasteiger partial charge on any atom is 0.260 e. The lowest BCUT2D eigenvalue weighted by atomic mass is 10.1. The molecule has 6 heteroatoms. The van der Waals surface area contributed by atoms with Crippen LogP contribution in [-0.4, -0.2) is 74.9 Å². The van der Waals surface area contributed by atoms with Gasteiger partial charge in [-0.25, -0.2) is 0 Å². The number of hydrogen-bond donors (Lipinski definition) is 0. The number of morpholine rings is 1. The van der Waals surface area contributed by atoms with E-state index in [9.17, 15) is 4.79 Å². The Morgan fingerprint density at radius 1 is 1.35 bits per heavy atom. The van der Waals surface area contributed by atoms with E-state index in [-0.39, 0.29) is 18.6 Å². The molecule has 2 aliphatic heterocycles. The zero-order valence-electron chi connectivity index (χ0n) is 13.9. The van der Waals surface area contributed by atoms with Crippen molar-refractivity contribution in [3.05, 3.63) is 23.8 Å². The lowest BCUT2D eigenvalue weighted by molar-refractivity contribution is -0.132.